The van der Waals surface area contributed by atoms with Crippen LogP contribution in [0.3, 0.4) is 0 Å². The SMILES string of the molecule is CC(Oc1ccccc1)C(=O)NCC(c1ccco1)c1ccco1. The number of amides is 1. The van der Waals surface area contributed by atoms with E-state index in [2.05, 4.69) is 5.32 Å². The molecule has 0 bridgehead atoms. The lowest BCUT2D eigenvalue weighted by Gasteiger charge is -2.17. The fraction of sp³-hybridized carbons (Fsp3) is 0.211. The molecule has 1 unspecified atom stereocenters. The smallest absolute Gasteiger partial charge is 0.260 e. The molecule has 0 saturated carbocycles. The van der Waals surface area contributed by atoms with Crippen LogP contribution in [0.5, 0.6) is 5.75 Å². The van der Waals surface area contributed by atoms with E-state index < -0.39 is 6.10 Å². The number of ether oxygens (including phenoxy) is 1. The zero-order chi connectivity index (χ0) is 16.8. The molecular weight excluding hydrogens is 306 g/mol. The maximum Gasteiger partial charge on any atom is 0.260 e. The van der Waals surface area contributed by atoms with E-state index in [0.29, 0.717) is 12.3 Å². The van der Waals surface area contributed by atoms with Crippen LogP contribution in [0, 0.1) is 0 Å². The van der Waals surface area contributed by atoms with Gasteiger partial charge in [-0.2, -0.15) is 0 Å². The van der Waals surface area contributed by atoms with Crippen molar-refractivity contribution in [3.05, 3.63) is 78.6 Å². The van der Waals surface area contributed by atoms with Crippen molar-refractivity contribution in [2.45, 2.75) is 18.9 Å². The first-order chi connectivity index (χ1) is 11.7. The van der Waals surface area contributed by atoms with Crippen LogP contribution < -0.4 is 10.1 Å². The Balaban J connectivity index is 1.61. The summed E-state index contributed by atoms with van der Waals surface area (Å²) in [6.07, 6.45) is 2.61. The van der Waals surface area contributed by atoms with Crippen molar-refractivity contribution in [3.8, 4) is 5.75 Å². The predicted molar refractivity (Wildman–Crippen MR) is 88.8 cm³/mol. The number of carbonyl (C=O) groups excluding carboxylic acids is 1. The van der Waals surface area contributed by atoms with E-state index in [1.54, 1.807) is 19.5 Å². The number of benzene rings is 1. The van der Waals surface area contributed by atoms with Gasteiger partial charge in [-0.05, 0) is 43.3 Å². The molecular formula is C19H19NO4. The Labute approximate surface area is 140 Å². The highest BCUT2D eigenvalue weighted by molar-refractivity contribution is 5.80. The number of hydrogen-bond acceptors (Lipinski definition) is 4. The summed E-state index contributed by atoms with van der Waals surface area (Å²) >= 11 is 0. The first-order valence-electron chi connectivity index (χ1n) is 7.80. The lowest BCUT2D eigenvalue weighted by Crippen LogP contribution is -2.38. The van der Waals surface area contributed by atoms with Gasteiger partial charge >= 0.3 is 0 Å². The van der Waals surface area contributed by atoms with Crippen molar-refractivity contribution in [2.24, 2.45) is 0 Å². The topological polar surface area (TPSA) is 64.6 Å². The molecule has 0 saturated heterocycles. The van der Waals surface area contributed by atoms with Crippen molar-refractivity contribution in [1.82, 2.24) is 5.32 Å². The molecule has 0 radical (unpaired) electrons. The van der Waals surface area contributed by atoms with E-state index in [1.165, 1.54) is 0 Å². The Morgan fingerprint density at radius 3 is 2.17 bits per heavy atom. The molecule has 2 aromatic heterocycles. The minimum Gasteiger partial charge on any atom is -0.481 e. The van der Waals surface area contributed by atoms with Crippen molar-refractivity contribution in [1.29, 1.82) is 0 Å². The Morgan fingerprint density at radius 1 is 1.00 bits per heavy atom. The molecule has 24 heavy (non-hydrogen) atoms. The zero-order valence-corrected chi connectivity index (χ0v) is 13.3. The van der Waals surface area contributed by atoms with Gasteiger partial charge < -0.3 is 18.9 Å². The van der Waals surface area contributed by atoms with E-state index in [0.717, 1.165) is 11.5 Å². The molecule has 1 amide bonds. The first kappa shape index (κ1) is 15.9. The second-order valence-corrected chi connectivity index (χ2v) is 5.40. The second kappa shape index (κ2) is 7.55. The first-order valence-corrected chi connectivity index (χ1v) is 7.80. The van der Waals surface area contributed by atoms with Crippen molar-refractivity contribution in [2.75, 3.05) is 6.54 Å². The molecule has 0 fully saturated rings. The van der Waals surface area contributed by atoms with Crippen LogP contribution in [0.15, 0.2) is 76.0 Å². The van der Waals surface area contributed by atoms with Gasteiger partial charge in [-0.15, -0.1) is 0 Å². The minimum absolute atomic E-state index is 0.178. The van der Waals surface area contributed by atoms with Gasteiger partial charge in [0.25, 0.3) is 5.91 Å². The molecule has 5 heteroatoms. The number of rotatable bonds is 7. The third-order valence-corrected chi connectivity index (χ3v) is 3.68. The van der Waals surface area contributed by atoms with E-state index in [-0.39, 0.29) is 11.8 Å². The molecule has 2 heterocycles. The highest BCUT2D eigenvalue weighted by Gasteiger charge is 2.22. The molecule has 1 aromatic carbocycles. The molecule has 0 aliphatic carbocycles. The predicted octanol–water partition coefficient (Wildman–Crippen LogP) is 3.59. The second-order valence-electron chi connectivity index (χ2n) is 5.40. The molecule has 0 aliphatic heterocycles. The molecule has 3 rings (SSSR count). The van der Waals surface area contributed by atoms with Crippen molar-refractivity contribution < 1.29 is 18.4 Å². The molecule has 124 valence electrons. The number of hydrogen-bond donors (Lipinski definition) is 1. The van der Waals surface area contributed by atoms with Crippen molar-refractivity contribution >= 4 is 5.91 Å². The van der Waals surface area contributed by atoms with Crippen LogP contribution in [0.1, 0.15) is 24.4 Å². The standard InChI is InChI=1S/C19H19NO4/c1-14(24-15-7-3-2-4-8-15)19(21)20-13-16(17-9-5-11-22-17)18-10-6-12-23-18/h2-12,14,16H,13H2,1H3,(H,20,21). The summed E-state index contributed by atoms with van der Waals surface area (Å²) in [5.74, 6) is 1.77. The summed E-state index contributed by atoms with van der Waals surface area (Å²) in [6.45, 7) is 2.08. The van der Waals surface area contributed by atoms with Crippen LogP contribution in [0.25, 0.3) is 0 Å². The molecule has 1 N–H and O–H groups in total. The lowest BCUT2D eigenvalue weighted by molar-refractivity contribution is -0.127. The Morgan fingerprint density at radius 2 is 1.62 bits per heavy atom. The van der Waals surface area contributed by atoms with Crippen LogP contribution >= 0.6 is 0 Å². The third-order valence-electron chi connectivity index (χ3n) is 3.68. The molecule has 0 spiro atoms. The quantitative estimate of drug-likeness (QED) is 0.721. The van der Waals surface area contributed by atoms with Gasteiger partial charge in [-0.1, -0.05) is 18.2 Å². The van der Waals surface area contributed by atoms with Gasteiger partial charge in [0.15, 0.2) is 6.10 Å². The minimum atomic E-state index is -0.596. The van der Waals surface area contributed by atoms with E-state index in [1.807, 2.05) is 54.6 Å². The normalized spacial score (nSPS) is 12.1. The van der Waals surface area contributed by atoms with Gasteiger partial charge in [0.05, 0.1) is 18.4 Å². The summed E-state index contributed by atoms with van der Waals surface area (Å²) in [5.41, 5.74) is 0. The van der Waals surface area contributed by atoms with Crippen LogP contribution in [0.4, 0.5) is 0 Å². The van der Waals surface area contributed by atoms with Gasteiger partial charge in [0.2, 0.25) is 0 Å². The fourth-order valence-corrected chi connectivity index (χ4v) is 2.42. The third kappa shape index (κ3) is 3.87. The highest BCUT2D eigenvalue weighted by atomic mass is 16.5. The Bertz CT molecular complexity index is 701. The maximum absolute atomic E-state index is 12.3. The molecule has 1 atom stereocenters. The Kier molecular flexibility index (Phi) is 5.01. The van der Waals surface area contributed by atoms with Gasteiger partial charge in [-0.25, -0.2) is 0 Å². The average molecular weight is 325 g/mol. The van der Waals surface area contributed by atoms with Crippen LogP contribution in [-0.4, -0.2) is 18.6 Å². The maximum atomic E-state index is 12.3. The summed E-state index contributed by atoms with van der Waals surface area (Å²) in [4.78, 5) is 12.3. The van der Waals surface area contributed by atoms with Crippen LogP contribution in [0.2, 0.25) is 0 Å². The lowest BCUT2D eigenvalue weighted by atomic mass is 10.0. The molecule has 5 nitrogen and oxygen atoms in total. The highest BCUT2D eigenvalue weighted by Crippen LogP contribution is 2.24. The summed E-state index contributed by atoms with van der Waals surface area (Å²) in [7, 11) is 0. The van der Waals surface area contributed by atoms with Gasteiger partial charge in [-0.3, -0.25) is 4.79 Å². The monoisotopic (exact) mass is 325 g/mol. The summed E-state index contributed by atoms with van der Waals surface area (Å²) in [5, 5.41) is 2.90. The zero-order valence-electron chi connectivity index (χ0n) is 13.3. The largest absolute Gasteiger partial charge is 0.481 e. The fourth-order valence-electron chi connectivity index (χ4n) is 2.42. The number of nitrogens with one attached hydrogen (secondary N) is 1. The summed E-state index contributed by atoms with van der Waals surface area (Å²) < 4.78 is 16.6. The number of furan rings is 2. The van der Waals surface area contributed by atoms with Crippen LogP contribution in [-0.2, 0) is 4.79 Å². The van der Waals surface area contributed by atoms with E-state index in [9.17, 15) is 4.79 Å². The Hall–Kier alpha value is -2.95. The molecule has 3 aromatic rings. The van der Waals surface area contributed by atoms with E-state index >= 15 is 0 Å². The summed E-state index contributed by atoms with van der Waals surface area (Å²) in [6, 6.07) is 16.6. The number of para-hydroxylation sites is 1. The van der Waals surface area contributed by atoms with E-state index in [4.69, 9.17) is 13.6 Å². The average Bonchev–Trinajstić information content (AvgIpc) is 3.30. The number of carbonyl (C=O) groups is 1. The van der Waals surface area contributed by atoms with Crippen molar-refractivity contribution in [3.63, 3.8) is 0 Å². The van der Waals surface area contributed by atoms with Gasteiger partial charge in [0.1, 0.15) is 17.3 Å². The molecule has 0 aliphatic rings. The van der Waals surface area contributed by atoms with Gasteiger partial charge in [0, 0.05) is 6.54 Å².